The fraction of sp³-hybridized carbons (Fsp3) is 0.294. The average Bonchev–Trinajstić information content (AvgIpc) is 3.02. The Bertz CT molecular complexity index is 768. The Labute approximate surface area is 138 Å². The number of thiophene rings is 1. The van der Waals surface area contributed by atoms with Crippen LogP contribution in [0.25, 0.3) is 10.4 Å². The van der Waals surface area contributed by atoms with Gasteiger partial charge in [0.1, 0.15) is 11.7 Å². The summed E-state index contributed by atoms with van der Waals surface area (Å²) in [6.07, 6.45) is 0.141. The highest BCUT2D eigenvalue weighted by molar-refractivity contribution is 7.16. The molecule has 1 unspecified atom stereocenters. The number of carbonyl (C=O) groups excluding carboxylic acids is 2. The van der Waals surface area contributed by atoms with E-state index in [9.17, 15) is 9.59 Å². The molecule has 0 radical (unpaired) electrons. The Kier molecular flexibility index (Phi) is 4.09. The zero-order valence-electron chi connectivity index (χ0n) is 13.2. The van der Waals surface area contributed by atoms with Crippen molar-refractivity contribution >= 4 is 28.9 Å². The van der Waals surface area contributed by atoms with Gasteiger partial charge in [-0.3, -0.25) is 9.59 Å². The van der Waals surface area contributed by atoms with E-state index in [1.54, 1.807) is 19.1 Å². The Morgan fingerprint density at radius 2 is 2.04 bits per heavy atom. The van der Waals surface area contributed by atoms with Crippen LogP contribution in [0.4, 0.5) is 5.69 Å². The molecule has 1 aliphatic heterocycles. The third-order valence-electron chi connectivity index (χ3n) is 4.03. The van der Waals surface area contributed by atoms with E-state index in [0.29, 0.717) is 0 Å². The van der Waals surface area contributed by atoms with Gasteiger partial charge in [-0.1, -0.05) is 12.1 Å². The fourth-order valence-corrected chi connectivity index (χ4v) is 4.07. The summed E-state index contributed by atoms with van der Waals surface area (Å²) in [5, 5.41) is 0. The summed E-state index contributed by atoms with van der Waals surface area (Å²) in [5.74, 6) is -0.236. The minimum Gasteiger partial charge on any atom is -0.496 e. The summed E-state index contributed by atoms with van der Waals surface area (Å²) in [7, 11) is 4.70. The Balaban J connectivity index is 2.12. The van der Waals surface area contributed by atoms with Crippen LogP contribution in [0.5, 0.6) is 5.75 Å². The van der Waals surface area contributed by atoms with E-state index in [-0.39, 0.29) is 18.3 Å². The molecule has 5 nitrogen and oxygen atoms in total. The van der Waals surface area contributed by atoms with Gasteiger partial charge in [-0.2, -0.15) is 0 Å². The molecule has 0 spiro atoms. The minimum absolute atomic E-state index is 0.0859. The summed E-state index contributed by atoms with van der Waals surface area (Å²) in [6.45, 7) is 0. The molecule has 3 rings (SSSR count). The molecular formula is C17H17NO4S. The van der Waals surface area contributed by atoms with Crippen LogP contribution < -0.4 is 9.64 Å². The predicted octanol–water partition coefficient (Wildman–Crippen LogP) is 3.05. The second-order valence-electron chi connectivity index (χ2n) is 5.29. The first-order chi connectivity index (χ1) is 11.1. The van der Waals surface area contributed by atoms with E-state index in [1.165, 1.54) is 18.4 Å². The van der Waals surface area contributed by atoms with Gasteiger partial charge in [-0.15, -0.1) is 11.3 Å². The quantitative estimate of drug-likeness (QED) is 0.811. The van der Waals surface area contributed by atoms with Crippen molar-refractivity contribution in [3.63, 3.8) is 0 Å². The summed E-state index contributed by atoms with van der Waals surface area (Å²) in [4.78, 5) is 27.6. The number of fused-ring (bicyclic) bond motifs is 1. The Morgan fingerprint density at radius 1 is 1.30 bits per heavy atom. The molecule has 0 N–H and O–H groups in total. The molecule has 0 saturated heterocycles. The van der Waals surface area contributed by atoms with Crippen LogP contribution in [0.3, 0.4) is 0 Å². The number of para-hydroxylation sites is 1. The number of benzene rings is 1. The second kappa shape index (κ2) is 6.04. The standard InChI is InChI=1S/C17H17NO4S/c1-18-12-9-14(10-6-4-5-7-13(10)21-2)23-16(12)11(8-15(18)19)17(20)22-3/h4-7,9,11H,8H2,1-3H3. The molecular weight excluding hydrogens is 314 g/mol. The van der Waals surface area contributed by atoms with Gasteiger partial charge in [0.15, 0.2) is 0 Å². The number of rotatable bonds is 3. The van der Waals surface area contributed by atoms with Crippen LogP contribution in [-0.2, 0) is 14.3 Å². The highest BCUT2D eigenvalue weighted by Gasteiger charge is 2.36. The van der Waals surface area contributed by atoms with Crippen LogP contribution in [0, 0.1) is 0 Å². The third-order valence-corrected chi connectivity index (χ3v) is 5.30. The van der Waals surface area contributed by atoms with Gasteiger partial charge in [0.25, 0.3) is 0 Å². The topological polar surface area (TPSA) is 55.8 Å². The van der Waals surface area contributed by atoms with E-state index < -0.39 is 5.92 Å². The lowest BCUT2D eigenvalue weighted by atomic mass is 9.97. The SMILES string of the molecule is COC(=O)C1CC(=O)N(C)c2cc(-c3ccccc3OC)sc21. The smallest absolute Gasteiger partial charge is 0.314 e. The number of esters is 1. The molecule has 1 aliphatic rings. The molecule has 1 atom stereocenters. The molecule has 1 aromatic carbocycles. The van der Waals surface area contributed by atoms with Gasteiger partial charge in [-0.05, 0) is 18.2 Å². The van der Waals surface area contributed by atoms with E-state index in [2.05, 4.69) is 0 Å². The number of hydrogen-bond acceptors (Lipinski definition) is 5. The number of hydrogen-bond donors (Lipinski definition) is 0. The Hall–Kier alpha value is -2.34. The molecule has 1 aromatic heterocycles. The second-order valence-corrected chi connectivity index (χ2v) is 6.38. The van der Waals surface area contributed by atoms with Crippen molar-refractivity contribution in [2.45, 2.75) is 12.3 Å². The summed E-state index contributed by atoms with van der Waals surface area (Å²) < 4.78 is 10.3. The predicted molar refractivity (Wildman–Crippen MR) is 89.1 cm³/mol. The number of anilines is 1. The Morgan fingerprint density at radius 3 is 2.74 bits per heavy atom. The first kappa shape index (κ1) is 15.6. The fourth-order valence-electron chi connectivity index (χ4n) is 2.76. The van der Waals surface area contributed by atoms with Gasteiger partial charge < -0.3 is 14.4 Å². The van der Waals surface area contributed by atoms with E-state index in [4.69, 9.17) is 9.47 Å². The lowest BCUT2D eigenvalue weighted by Gasteiger charge is -2.27. The lowest BCUT2D eigenvalue weighted by molar-refractivity contribution is -0.144. The minimum atomic E-state index is -0.535. The van der Waals surface area contributed by atoms with Crippen LogP contribution in [0.15, 0.2) is 30.3 Å². The van der Waals surface area contributed by atoms with Crippen molar-refractivity contribution in [3.8, 4) is 16.2 Å². The molecule has 6 heteroatoms. The maximum Gasteiger partial charge on any atom is 0.314 e. The molecule has 1 amide bonds. The van der Waals surface area contributed by atoms with Crippen molar-refractivity contribution in [2.24, 2.45) is 0 Å². The number of carbonyl (C=O) groups is 2. The maximum absolute atomic E-state index is 12.2. The van der Waals surface area contributed by atoms with Crippen molar-refractivity contribution in [1.82, 2.24) is 0 Å². The number of methoxy groups -OCH3 is 2. The van der Waals surface area contributed by atoms with Crippen molar-refractivity contribution < 1.29 is 19.1 Å². The normalized spacial score (nSPS) is 16.9. The summed E-state index contributed by atoms with van der Waals surface area (Å²) in [6, 6.07) is 9.63. The first-order valence-electron chi connectivity index (χ1n) is 7.18. The van der Waals surface area contributed by atoms with Crippen molar-refractivity contribution in [2.75, 3.05) is 26.2 Å². The molecule has 0 saturated carbocycles. The number of amides is 1. The van der Waals surface area contributed by atoms with Gasteiger partial charge >= 0.3 is 5.97 Å². The molecule has 2 aromatic rings. The highest BCUT2D eigenvalue weighted by atomic mass is 32.1. The monoisotopic (exact) mass is 331 g/mol. The van der Waals surface area contributed by atoms with Crippen LogP contribution in [-0.4, -0.2) is 33.1 Å². The van der Waals surface area contributed by atoms with Gasteiger partial charge in [-0.25, -0.2) is 0 Å². The first-order valence-corrected chi connectivity index (χ1v) is 8.00. The van der Waals surface area contributed by atoms with E-state index >= 15 is 0 Å². The van der Waals surface area contributed by atoms with Crippen LogP contribution in [0.1, 0.15) is 17.2 Å². The molecule has 0 aliphatic carbocycles. The summed E-state index contributed by atoms with van der Waals surface area (Å²) in [5.41, 5.74) is 1.71. The molecule has 0 bridgehead atoms. The molecule has 2 heterocycles. The largest absolute Gasteiger partial charge is 0.496 e. The highest BCUT2D eigenvalue weighted by Crippen LogP contribution is 2.46. The number of nitrogens with zero attached hydrogens (tertiary/aromatic N) is 1. The van der Waals surface area contributed by atoms with Crippen molar-refractivity contribution in [3.05, 3.63) is 35.2 Å². The molecule has 120 valence electrons. The average molecular weight is 331 g/mol. The van der Waals surface area contributed by atoms with Crippen LogP contribution in [0.2, 0.25) is 0 Å². The van der Waals surface area contributed by atoms with Crippen LogP contribution >= 0.6 is 11.3 Å². The van der Waals surface area contributed by atoms with E-state index in [0.717, 1.165) is 26.8 Å². The van der Waals surface area contributed by atoms with Gasteiger partial charge in [0.2, 0.25) is 5.91 Å². The molecule has 0 fully saturated rings. The molecule has 23 heavy (non-hydrogen) atoms. The van der Waals surface area contributed by atoms with Crippen molar-refractivity contribution in [1.29, 1.82) is 0 Å². The number of ether oxygens (including phenoxy) is 2. The van der Waals surface area contributed by atoms with E-state index in [1.807, 2.05) is 30.3 Å². The zero-order chi connectivity index (χ0) is 16.6. The third kappa shape index (κ3) is 2.59. The lowest BCUT2D eigenvalue weighted by Crippen LogP contribution is -2.34. The summed E-state index contributed by atoms with van der Waals surface area (Å²) >= 11 is 1.50. The maximum atomic E-state index is 12.2. The van der Waals surface area contributed by atoms with Gasteiger partial charge in [0.05, 0.1) is 19.9 Å². The van der Waals surface area contributed by atoms with Gasteiger partial charge in [0, 0.05) is 28.8 Å². The zero-order valence-corrected chi connectivity index (χ0v) is 14.0.